The highest BCUT2D eigenvalue weighted by Gasteiger charge is 2.43. The summed E-state index contributed by atoms with van der Waals surface area (Å²) in [6.45, 7) is 4.12. The zero-order chi connectivity index (χ0) is 20.4. The Morgan fingerprint density at radius 1 is 1.13 bits per heavy atom. The van der Waals surface area contributed by atoms with Gasteiger partial charge in [-0.15, -0.1) is 0 Å². The second kappa shape index (κ2) is 6.94. The van der Waals surface area contributed by atoms with Crippen molar-refractivity contribution in [3.8, 4) is 0 Å². The molecular weight excluding hydrogens is 386 g/mol. The molecule has 2 N–H and O–H groups in total. The number of likely N-dealkylation sites (tertiary alicyclic amines) is 1. The van der Waals surface area contributed by atoms with Gasteiger partial charge in [-0.2, -0.15) is 0 Å². The molecule has 4 atom stereocenters. The van der Waals surface area contributed by atoms with E-state index in [0.717, 1.165) is 56.0 Å². The fourth-order valence-electron chi connectivity index (χ4n) is 6.00. The maximum atomic E-state index is 5.73. The highest BCUT2D eigenvalue weighted by Crippen LogP contribution is 2.42. The summed E-state index contributed by atoms with van der Waals surface area (Å²) in [6, 6.07) is 13.7. The SMILES string of the molecule is c1ccc2c(c#1)CC[C@H](N1CC3COCC3C1)[C@H]2Nc1ncnc2[nH]c(C3CC3)cc12. The molecule has 2 unspecified atom stereocenters. The van der Waals surface area contributed by atoms with Crippen LogP contribution in [0.2, 0.25) is 0 Å². The highest BCUT2D eigenvalue weighted by molar-refractivity contribution is 5.88. The van der Waals surface area contributed by atoms with Crippen LogP contribution in [0.3, 0.4) is 0 Å². The van der Waals surface area contributed by atoms with Gasteiger partial charge in [0.1, 0.15) is 17.8 Å². The largest absolute Gasteiger partial charge is 0.381 e. The number of hydrogen-bond donors (Lipinski definition) is 2. The summed E-state index contributed by atoms with van der Waals surface area (Å²) in [6.07, 6.45) is 6.42. The predicted molar refractivity (Wildman–Crippen MR) is 118 cm³/mol. The molecule has 1 saturated carbocycles. The zero-order valence-electron chi connectivity index (χ0n) is 17.6. The molecule has 2 aromatic heterocycles. The van der Waals surface area contributed by atoms with Crippen LogP contribution >= 0.6 is 0 Å². The molecule has 0 radical (unpaired) electrons. The Kier molecular flexibility index (Phi) is 4.03. The first-order valence-corrected chi connectivity index (χ1v) is 11.7. The van der Waals surface area contributed by atoms with Crippen LogP contribution in [0, 0.1) is 24.0 Å². The number of aromatic amines is 1. The van der Waals surface area contributed by atoms with Crippen LogP contribution in [0.25, 0.3) is 11.0 Å². The first kappa shape index (κ1) is 18.0. The third kappa shape index (κ3) is 3.02. The second-order valence-electron chi connectivity index (χ2n) is 9.76. The first-order chi connectivity index (χ1) is 15.3. The Bertz CT molecular complexity index is 1110. The number of nitrogens with zero attached hydrogens (tertiary/aromatic N) is 3. The van der Waals surface area contributed by atoms with Gasteiger partial charge in [-0.25, -0.2) is 9.97 Å². The van der Waals surface area contributed by atoms with E-state index >= 15 is 0 Å². The van der Waals surface area contributed by atoms with Crippen LogP contribution in [-0.4, -0.2) is 52.2 Å². The van der Waals surface area contributed by atoms with Crippen molar-refractivity contribution in [3.63, 3.8) is 0 Å². The van der Waals surface area contributed by atoms with E-state index < -0.39 is 0 Å². The van der Waals surface area contributed by atoms with E-state index in [1.165, 1.54) is 29.7 Å². The third-order valence-electron chi connectivity index (χ3n) is 7.82. The van der Waals surface area contributed by atoms with E-state index in [0.29, 0.717) is 23.8 Å². The molecule has 3 fully saturated rings. The second-order valence-corrected chi connectivity index (χ2v) is 9.76. The van der Waals surface area contributed by atoms with Gasteiger partial charge in [0.25, 0.3) is 0 Å². The molecule has 0 amide bonds. The standard InChI is InChI=1S/C25H27N5O/c1-2-4-19-15(3-1)7-8-22(30-10-17-12-31-13-18(17)11-30)23(19)29-25-20-9-21(16-5-6-16)28-24(20)26-14-27-25/h2,4,9,14,16-18,22-23H,5-8,10-13H2,(H2,26,27,28,29)/t17?,18?,22-,23-/m0/s1. The van der Waals surface area contributed by atoms with Crippen molar-refractivity contribution in [2.24, 2.45) is 11.8 Å². The molecule has 6 heteroatoms. The number of nitrogens with one attached hydrogen (secondary N) is 2. The first-order valence-electron chi connectivity index (χ1n) is 11.7. The normalized spacial score (nSPS) is 30.2. The van der Waals surface area contributed by atoms with Crippen molar-refractivity contribution >= 4 is 16.9 Å². The zero-order valence-corrected chi connectivity index (χ0v) is 17.6. The van der Waals surface area contributed by atoms with Crippen LogP contribution in [0.1, 0.15) is 48.0 Å². The smallest absolute Gasteiger partial charge is 0.143 e. The Hall–Kier alpha value is -2.62. The molecule has 7 rings (SSSR count). The van der Waals surface area contributed by atoms with Gasteiger partial charge in [-0.1, -0.05) is 12.1 Å². The molecule has 2 aliphatic carbocycles. The Labute approximate surface area is 182 Å². The maximum Gasteiger partial charge on any atom is 0.143 e. The van der Waals surface area contributed by atoms with Gasteiger partial charge in [0, 0.05) is 42.2 Å². The van der Waals surface area contributed by atoms with E-state index in [4.69, 9.17) is 4.74 Å². The minimum atomic E-state index is 0.187. The monoisotopic (exact) mass is 413 g/mol. The van der Waals surface area contributed by atoms with Crippen molar-refractivity contribution in [2.45, 2.75) is 43.7 Å². The summed E-state index contributed by atoms with van der Waals surface area (Å²) in [5, 5.41) is 4.97. The Balaban J connectivity index is 1.25. The van der Waals surface area contributed by atoms with Crippen LogP contribution in [-0.2, 0) is 11.2 Å². The molecule has 4 heterocycles. The Morgan fingerprint density at radius 2 is 2.00 bits per heavy atom. The number of H-pyrrole nitrogens is 1. The fraction of sp³-hybridized carbons (Fsp3) is 0.520. The number of anilines is 1. The summed E-state index contributed by atoms with van der Waals surface area (Å²) in [5.74, 6) is 2.98. The average molecular weight is 414 g/mol. The van der Waals surface area contributed by atoms with Crippen molar-refractivity contribution in [1.29, 1.82) is 0 Å². The lowest BCUT2D eigenvalue weighted by Gasteiger charge is -2.39. The van der Waals surface area contributed by atoms with Gasteiger partial charge in [0.15, 0.2) is 0 Å². The highest BCUT2D eigenvalue weighted by atomic mass is 16.5. The van der Waals surface area contributed by atoms with Gasteiger partial charge in [-0.05, 0) is 55.4 Å². The number of fused-ring (bicyclic) bond motifs is 3. The van der Waals surface area contributed by atoms with Crippen molar-refractivity contribution < 1.29 is 4.74 Å². The van der Waals surface area contributed by atoms with Gasteiger partial charge >= 0.3 is 0 Å². The summed E-state index contributed by atoms with van der Waals surface area (Å²) in [5.41, 5.74) is 4.87. The van der Waals surface area contributed by atoms with Crippen molar-refractivity contribution in [3.05, 3.63) is 53.5 Å². The maximum absolute atomic E-state index is 5.73. The fourth-order valence-corrected chi connectivity index (χ4v) is 6.00. The minimum absolute atomic E-state index is 0.187. The number of rotatable bonds is 4. The molecule has 0 spiro atoms. The van der Waals surface area contributed by atoms with Crippen LogP contribution < -0.4 is 5.32 Å². The Morgan fingerprint density at radius 3 is 2.84 bits per heavy atom. The molecule has 1 aromatic carbocycles. The van der Waals surface area contributed by atoms with Crippen molar-refractivity contribution in [2.75, 3.05) is 31.6 Å². The lowest BCUT2D eigenvalue weighted by Crippen LogP contribution is -2.44. The van der Waals surface area contributed by atoms with E-state index in [1.807, 2.05) is 6.07 Å². The number of aromatic nitrogens is 3. The summed E-state index contributed by atoms with van der Waals surface area (Å²) in [4.78, 5) is 15.4. The van der Waals surface area contributed by atoms with E-state index in [1.54, 1.807) is 6.33 Å². The van der Waals surface area contributed by atoms with Crippen LogP contribution in [0.5, 0.6) is 0 Å². The lowest BCUT2D eigenvalue weighted by atomic mass is 9.84. The summed E-state index contributed by atoms with van der Waals surface area (Å²) >= 11 is 0. The van der Waals surface area contributed by atoms with Crippen molar-refractivity contribution in [1.82, 2.24) is 19.9 Å². The summed E-state index contributed by atoms with van der Waals surface area (Å²) < 4.78 is 5.73. The number of ether oxygens (including phenoxy) is 1. The van der Waals surface area contributed by atoms with Gasteiger partial charge in [0.2, 0.25) is 0 Å². The molecule has 158 valence electrons. The lowest BCUT2D eigenvalue weighted by molar-refractivity contribution is 0.127. The van der Waals surface area contributed by atoms with Gasteiger partial charge in [-0.3, -0.25) is 4.90 Å². The van der Waals surface area contributed by atoms with E-state index in [9.17, 15) is 0 Å². The molecule has 2 saturated heterocycles. The topological polar surface area (TPSA) is 66.1 Å². The third-order valence-corrected chi connectivity index (χ3v) is 7.82. The molecular formula is C25H27N5O. The van der Waals surface area contributed by atoms with E-state index in [-0.39, 0.29) is 6.04 Å². The number of hydrogen-bond acceptors (Lipinski definition) is 5. The quantitative estimate of drug-likeness (QED) is 0.686. The molecule has 0 bridgehead atoms. The van der Waals surface area contributed by atoms with Crippen LogP contribution in [0.15, 0.2) is 24.5 Å². The summed E-state index contributed by atoms with van der Waals surface area (Å²) in [7, 11) is 0. The molecule has 6 nitrogen and oxygen atoms in total. The van der Waals surface area contributed by atoms with Crippen LogP contribution in [0.4, 0.5) is 5.82 Å². The predicted octanol–water partition coefficient (Wildman–Crippen LogP) is 3.48. The molecule has 4 aliphatic rings. The van der Waals surface area contributed by atoms with Gasteiger partial charge in [0.05, 0.1) is 24.6 Å². The molecule has 31 heavy (non-hydrogen) atoms. The van der Waals surface area contributed by atoms with E-state index in [2.05, 4.69) is 49.4 Å². The molecule has 3 aromatic rings. The minimum Gasteiger partial charge on any atom is -0.381 e. The average Bonchev–Trinajstić information content (AvgIpc) is 3.20. The molecule has 2 aliphatic heterocycles. The van der Waals surface area contributed by atoms with Gasteiger partial charge < -0.3 is 15.0 Å².